The molecular formula is C14H13ClN2O4S. The second-order valence-corrected chi connectivity index (χ2v) is 7.21. The number of imide groups is 1. The van der Waals surface area contributed by atoms with Crippen molar-refractivity contribution in [1.29, 1.82) is 0 Å². The first kappa shape index (κ1) is 15.2. The third-order valence-electron chi connectivity index (χ3n) is 3.87. The fourth-order valence-corrected chi connectivity index (χ4v) is 3.89. The fourth-order valence-electron chi connectivity index (χ4n) is 2.82. The quantitative estimate of drug-likeness (QED) is 0.829. The molecule has 0 radical (unpaired) electrons. The second kappa shape index (κ2) is 5.19. The first-order valence-electron chi connectivity index (χ1n) is 6.74. The Kier molecular flexibility index (Phi) is 3.58. The topological polar surface area (TPSA) is 97.5 Å². The lowest BCUT2D eigenvalue weighted by atomic mass is 9.93. The molecule has 0 aromatic heterocycles. The number of primary sulfonamides is 1. The van der Waals surface area contributed by atoms with Crippen molar-refractivity contribution in [1.82, 2.24) is 0 Å². The van der Waals surface area contributed by atoms with Gasteiger partial charge in [0.15, 0.2) is 0 Å². The lowest BCUT2D eigenvalue weighted by Gasteiger charge is -2.16. The zero-order valence-electron chi connectivity index (χ0n) is 11.5. The molecule has 0 saturated carbocycles. The van der Waals surface area contributed by atoms with E-state index in [0.717, 1.165) is 23.8 Å². The van der Waals surface area contributed by atoms with Crippen LogP contribution in [-0.4, -0.2) is 20.2 Å². The van der Waals surface area contributed by atoms with Crippen LogP contribution in [0.1, 0.15) is 25.7 Å². The molecule has 1 aliphatic heterocycles. The van der Waals surface area contributed by atoms with Crippen molar-refractivity contribution >= 4 is 39.1 Å². The van der Waals surface area contributed by atoms with E-state index in [9.17, 15) is 18.0 Å². The normalized spacial score (nSPS) is 18.9. The molecule has 1 aromatic rings. The lowest BCUT2D eigenvalue weighted by molar-refractivity contribution is -0.120. The van der Waals surface area contributed by atoms with Gasteiger partial charge in [0, 0.05) is 11.1 Å². The summed E-state index contributed by atoms with van der Waals surface area (Å²) in [6, 6.07) is 3.91. The predicted octanol–water partition coefficient (Wildman–Crippen LogP) is 1.73. The van der Waals surface area contributed by atoms with Crippen LogP contribution in [0.5, 0.6) is 0 Å². The SMILES string of the molecule is NS(=O)(=O)c1cc(N2C(=O)C3=C(CCCC3)C2=O)ccc1Cl. The van der Waals surface area contributed by atoms with Crippen molar-refractivity contribution in [3.63, 3.8) is 0 Å². The molecule has 3 rings (SSSR count). The number of nitrogens with two attached hydrogens (primary N) is 1. The van der Waals surface area contributed by atoms with Crippen LogP contribution in [0.3, 0.4) is 0 Å². The number of hydrogen-bond donors (Lipinski definition) is 1. The van der Waals surface area contributed by atoms with Crippen molar-refractivity contribution in [3.05, 3.63) is 34.4 Å². The van der Waals surface area contributed by atoms with Gasteiger partial charge in [-0.05, 0) is 43.9 Å². The summed E-state index contributed by atoms with van der Waals surface area (Å²) in [7, 11) is -4.04. The number of halogens is 1. The first-order chi connectivity index (χ1) is 10.3. The highest BCUT2D eigenvalue weighted by Gasteiger charge is 2.40. The number of carbonyl (C=O) groups excluding carboxylic acids is 2. The van der Waals surface area contributed by atoms with Crippen LogP contribution in [-0.2, 0) is 19.6 Å². The molecular weight excluding hydrogens is 328 g/mol. The Morgan fingerprint density at radius 3 is 2.09 bits per heavy atom. The van der Waals surface area contributed by atoms with Gasteiger partial charge in [-0.1, -0.05) is 11.6 Å². The van der Waals surface area contributed by atoms with E-state index in [2.05, 4.69) is 0 Å². The second-order valence-electron chi connectivity index (χ2n) is 5.27. The van der Waals surface area contributed by atoms with E-state index in [-0.39, 0.29) is 27.4 Å². The molecule has 0 unspecified atom stereocenters. The summed E-state index contributed by atoms with van der Waals surface area (Å²) in [6.45, 7) is 0. The van der Waals surface area contributed by atoms with Gasteiger partial charge in [0.1, 0.15) is 4.90 Å². The van der Waals surface area contributed by atoms with Crippen LogP contribution in [0.4, 0.5) is 5.69 Å². The van der Waals surface area contributed by atoms with E-state index in [1.54, 1.807) is 0 Å². The van der Waals surface area contributed by atoms with Crippen LogP contribution in [0.15, 0.2) is 34.2 Å². The van der Waals surface area contributed by atoms with Crippen molar-refractivity contribution in [3.8, 4) is 0 Å². The fraction of sp³-hybridized carbons (Fsp3) is 0.286. The van der Waals surface area contributed by atoms with E-state index in [1.165, 1.54) is 12.1 Å². The van der Waals surface area contributed by atoms with Crippen LogP contribution in [0, 0.1) is 0 Å². The highest BCUT2D eigenvalue weighted by molar-refractivity contribution is 7.89. The number of rotatable bonds is 2. The van der Waals surface area contributed by atoms with Crippen LogP contribution < -0.4 is 10.0 Å². The maximum atomic E-state index is 12.4. The molecule has 6 nitrogen and oxygen atoms in total. The lowest BCUT2D eigenvalue weighted by Crippen LogP contribution is -2.31. The van der Waals surface area contributed by atoms with Gasteiger partial charge in [0.05, 0.1) is 10.7 Å². The first-order valence-corrected chi connectivity index (χ1v) is 8.66. The van der Waals surface area contributed by atoms with Crippen molar-refractivity contribution in [2.24, 2.45) is 5.14 Å². The number of benzene rings is 1. The molecule has 0 saturated heterocycles. The number of nitrogens with zero attached hydrogens (tertiary/aromatic N) is 1. The van der Waals surface area contributed by atoms with Gasteiger partial charge in [-0.3, -0.25) is 9.59 Å². The molecule has 1 aliphatic carbocycles. The highest BCUT2D eigenvalue weighted by Crippen LogP contribution is 2.36. The van der Waals surface area contributed by atoms with Crippen molar-refractivity contribution < 1.29 is 18.0 Å². The number of carbonyl (C=O) groups is 2. The maximum absolute atomic E-state index is 12.4. The number of sulfonamides is 1. The standard InChI is InChI=1S/C14H13ClN2O4S/c15-11-6-5-8(7-12(11)22(16,20)21)17-13(18)9-3-1-2-4-10(9)14(17)19/h5-7H,1-4H2,(H2,16,20,21). The Bertz CT molecular complexity index is 801. The Morgan fingerprint density at radius 2 is 1.59 bits per heavy atom. The Labute approximate surface area is 132 Å². The number of amides is 2. The Morgan fingerprint density at radius 1 is 1.05 bits per heavy atom. The molecule has 8 heteroatoms. The summed E-state index contributed by atoms with van der Waals surface area (Å²) in [5.74, 6) is -0.773. The van der Waals surface area contributed by atoms with Gasteiger partial charge in [-0.25, -0.2) is 18.5 Å². The molecule has 0 bridgehead atoms. The molecule has 116 valence electrons. The molecule has 0 atom stereocenters. The zero-order chi connectivity index (χ0) is 16.1. The van der Waals surface area contributed by atoms with Crippen molar-refractivity contribution in [2.45, 2.75) is 30.6 Å². The molecule has 0 fully saturated rings. The van der Waals surface area contributed by atoms with Crippen LogP contribution in [0.2, 0.25) is 5.02 Å². The van der Waals surface area contributed by atoms with Gasteiger partial charge in [0.25, 0.3) is 11.8 Å². The van der Waals surface area contributed by atoms with E-state index < -0.39 is 10.0 Å². The van der Waals surface area contributed by atoms with E-state index in [0.29, 0.717) is 24.0 Å². The summed E-state index contributed by atoms with van der Waals surface area (Å²) in [5, 5.41) is 5.05. The van der Waals surface area contributed by atoms with Gasteiger partial charge in [-0.15, -0.1) is 0 Å². The van der Waals surface area contributed by atoms with Gasteiger partial charge in [-0.2, -0.15) is 0 Å². The molecule has 2 N–H and O–H groups in total. The summed E-state index contributed by atoms with van der Waals surface area (Å²) < 4.78 is 23.1. The minimum Gasteiger partial charge on any atom is -0.269 e. The third-order valence-corrected chi connectivity index (χ3v) is 5.26. The molecule has 2 aliphatic rings. The smallest absolute Gasteiger partial charge is 0.261 e. The number of hydrogen-bond acceptors (Lipinski definition) is 4. The highest BCUT2D eigenvalue weighted by atomic mass is 35.5. The predicted molar refractivity (Wildman–Crippen MR) is 80.8 cm³/mol. The molecule has 22 heavy (non-hydrogen) atoms. The average molecular weight is 341 g/mol. The van der Waals surface area contributed by atoms with Crippen LogP contribution >= 0.6 is 11.6 Å². The molecule has 1 aromatic carbocycles. The van der Waals surface area contributed by atoms with Gasteiger partial charge in [0.2, 0.25) is 10.0 Å². The Hall–Kier alpha value is -1.70. The monoisotopic (exact) mass is 340 g/mol. The van der Waals surface area contributed by atoms with Crippen molar-refractivity contribution in [2.75, 3.05) is 4.90 Å². The minimum absolute atomic E-state index is 0.0527. The Balaban J connectivity index is 2.07. The zero-order valence-corrected chi connectivity index (χ0v) is 13.1. The molecule has 1 heterocycles. The minimum atomic E-state index is -4.04. The third kappa shape index (κ3) is 2.35. The summed E-state index contributed by atoms with van der Waals surface area (Å²) >= 11 is 5.82. The van der Waals surface area contributed by atoms with Gasteiger partial charge < -0.3 is 0 Å². The summed E-state index contributed by atoms with van der Waals surface area (Å²) in [6.07, 6.45) is 2.89. The molecule has 0 spiro atoms. The summed E-state index contributed by atoms with van der Waals surface area (Å²) in [5.41, 5.74) is 1.23. The largest absolute Gasteiger partial charge is 0.269 e. The summed E-state index contributed by atoms with van der Waals surface area (Å²) in [4.78, 5) is 25.6. The molecule has 2 amide bonds. The average Bonchev–Trinajstić information content (AvgIpc) is 2.71. The maximum Gasteiger partial charge on any atom is 0.261 e. The van der Waals surface area contributed by atoms with Gasteiger partial charge >= 0.3 is 0 Å². The van der Waals surface area contributed by atoms with E-state index in [4.69, 9.17) is 16.7 Å². The van der Waals surface area contributed by atoms with E-state index in [1.807, 2.05) is 0 Å². The number of anilines is 1. The van der Waals surface area contributed by atoms with Crippen LogP contribution in [0.25, 0.3) is 0 Å². The van der Waals surface area contributed by atoms with E-state index >= 15 is 0 Å².